The number of carbonyl (C=O) groups excluding carboxylic acids is 1. The molecule has 1 aliphatic carbocycles. The van der Waals surface area contributed by atoms with Crippen molar-refractivity contribution in [1.29, 1.82) is 0 Å². The molecular formula is C15H19ClN2O4. The summed E-state index contributed by atoms with van der Waals surface area (Å²) in [5.41, 5.74) is 0.471. The number of amides is 2. The van der Waals surface area contributed by atoms with Gasteiger partial charge in [-0.1, -0.05) is 24.4 Å². The van der Waals surface area contributed by atoms with E-state index in [-0.39, 0.29) is 5.92 Å². The Balaban J connectivity index is 1.98. The number of benzene rings is 1. The molecule has 0 radical (unpaired) electrons. The molecule has 1 aliphatic rings. The molecule has 1 atom stereocenters. The molecular weight excluding hydrogens is 308 g/mol. The Morgan fingerprint density at radius 3 is 2.59 bits per heavy atom. The number of carboxylic acids is 1. The number of methoxy groups -OCH3 is 1. The second kappa shape index (κ2) is 7.35. The lowest BCUT2D eigenvalue weighted by Crippen LogP contribution is -2.47. The first-order chi connectivity index (χ1) is 10.5. The lowest BCUT2D eigenvalue weighted by Gasteiger charge is -2.20. The van der Waals surface area contributed by atoms with Crippen LogP contribution in [0, 0.1) is 5.92 Å². The van der Waals surface area contributed by atoms with Crippen molar-refractivity contribution in [3.8, 4) is 5.75 Å². The predicted molar refractivity (Wildman–Crippen MR) is 83.5 cm³/mol. The van der Waals surface area contributed by atoms with Crippen LogP contribution in [-0.2, 0) is 4.79 Å². The number of aliphatic carboxylic acids is 1. The van der Waals surface area contributed by atoms with Gasteiger partial charge in [-0.25, -0.2) is 9.59 Å². The predicted octanol–water partition coefficient (Wildman–Crippen LogP) is 3.11. The highest BCUT2D eigenvalue weighted by Gasteiger charge is 2.31. The van der Waals surface area contributed by atoms with Gasteiger partial charge in [0.15, 0.2) is 0 Å². The van der Waals surface area contributed by atoms with Crippen molar-refractivity contribution in [2.45, 2.75) is 31.7 Å². The fraction of sp³-hybridized carbons (Fsp3) is 0.467. The first kappa shape index (κ1) is 16.4. The first-order valence-corrected chi connectivity index (χ1v) is 7.53. The summed E-state index contributed by atoms with van der Waals surface area (Å²) >= 11 is 5.98. The second-order valence-electron chi connectivity index (χ2n) is 5.31. The summed E-state index contributed by atoms with van der Waals surface area (Å²) in [5, 5.41) is 14.8. The van der Waals surface area contributed by atoms with Gasteiger partial charge in [-0.05, 0) is 37.0 Å². The van der Waals surface area contributed by atoms with Crippen LogP contribution in [-0.4, -0.2) is 30.3 Å². The summed E-state index contributed by atoms with van der Waals surface area (Å²) in [6.45, 7) is 0. The molecule has 1 aromatic rings. The summed E-state index contributed by atoms with van der Waals surface area (Å²) < 4.78 is 5.03. The van der Waals surface area contributed by atoms with Gasteiger partial charge in [0.1, 0.15) is 11.8 Å². The zero-order valence-corrected chi connectivity index (χ0v) is 13.0. The zero-order valence-electron chi connectivity index (χ0n) is 12.3. The number of hydrogen-bond donors (Lipinski definition) is 3. The molecule has 0 spiro atoms. The second-order valence-corrected chi connectivity index (χ2v) is 5.72. The molecule has 0 unspecified atom stereocenters. The third kappa shape index (κ3) is 4.04. The van der Waals surface area contributed by atoms with Gasteiger partial charge in [-0.15, -0.1) is 0 Å². The van der Waals surface area contributed by atoms with Gasteiger partial charge in [0.25, 0.3) is 0 Å². The van der Waals surface area contributed by atoms with Gasteiger partial charge in [0, 0.05) is 5.69 Å². The van der Waals surface area contributed by atoms with Crippen molar-refractivity contribution in [2.75, 3.05) is 12.4 Å². The summed E-state index contributed by atoms with van der Waals surface area (Å²) in [6, 6.07) is 3.39. The van der Waals surface area contributed by atoms with E-state index >= 15 is 0 Å². The van der Waals surface area contributed by atoms with Gasteiger partial charge >= 0.3 is 12.0 Å². The third-order valence-electron chi connectivity index (χ3n) is 3.83. The number of carboxylic acid groups (broad SMARTS) is 1. The summed E-state index contributed by atoms with van der Waals surface area (Å²) in [6.07, 6.45) is 3.66. The highest BCUT2D eigenvalue weighted by atomic mass is 35.5. The van der Waals surface area contributed by atoms with Gasteiger partial charge in [-0.2, -0.15) is 0 Å². The van der Waals surface area contributed by atoms with E-state index in [0.717, 1.165) is 25.7 Å². The van der Waals surface area contributed by atoms with Crippen LogP contribution in [0.5, 0.6) is 5.75 Å². The molecule has 6 nitrogen and oxygen atoms in total. The molecule has 0 saturated heterocycles. The molecule has 1 aromatic carbocycles. The average molecular weight is 327 g/mol. The number of carbonyl (C=O) groups is 2. The Hall–Kier alpha value is -1.95. The maximum Gasteiger partial charge on any atom is 0.326 e. The van der Waals surface area contributed by atoms with Crippen LogP contribution in [0.15, 0.2) is 18.2 Å². The minimum atomic E-state index is -1.00. The SMILES string of the molecule is COc1ccc(NC(=O)N[C@H](C(=O)O)C2CCCC2)cc1Cl. The van der Waals surface area contributed by atoms with Crippen LogP contribution in [0.25, 0.3) is 0 Å². The molecule has 2 amide bonds. The molecule has 2 rings (SSSR count). The van der Waals surface area contributed by atoms with E-state index in [1.165, 1.54) is 7.11 Å². The maximum absolute atomic E-state index is 12.0. The van der Waals surface area contributed by atoms with Crippen LogP contribution < -0.4 is 15.4 Å². The molecule has 3 N–H and O–H groups in total. The first-order valence-electron chi connectivity index (χ1n) is 7.15. The third-order valence-corrected chi connectivity index (χ3v) is 4.13. The molecule has 1 saturated carbocycles. The van der Waals surface area contributed by atoms with E-state index in [4.69, 9.17) is 16.3 Å². The Morgan fingerprint density at radius 1 is 1.36 bits per heavy atom. The maximum atomic E-state index is 12.0. The Kier molecular flexibility index (Phi) is 5.49. The lowest BCUT2D eigenvalue weighted by molar-refractivity contribution is -0.140. The number of anilines is 1. The van der Waals surface area contributed by atoms with E-state index in [0.29, 0.717) is 16.5 Å². The fourth-order valence-electron chi connectivity index (χ4n) is 2.72. The Labute approximate surface area is 133 Å². The quantitative estimate of drug-likeness (QED) is 0.775. The topological polar surface area (TPSA) is 87.7 Å². The van der Waals surface area contributed by atoms with E-state index in [9.17, 15) is 14.7 Å². The van der Waals surface area contributed by atoms with E-state index < -0.39 is 18.0 Å². The molecule has 0 aliphatic heterocycles. The molecule has 0 heterocycles. The van der Waals surface area contributed by atoms with Gasteiger partial charge < -0.3 is 20.5 Å². The van der Waals surface area contributed by atoms with Crippen molar-refractivity contribution in [1.82, 2.24) is 5.32 Å². The van der Waals surface area contributed by atoms with Crippen molar-refractivity contribution in [2.24, 2.45) is 5.92 Å². The Bertz CT molecular complexity index is 558. The summed E-state index contributed by atoms with van der Waals surface area (Å²) in [4.78, 5) is 23.3. The van der Waals surface area contributed by atoms with Gasteiger partial charge in [-0.3, -0.25) is 0 Å². The Morgan fingerprint density at radius 2 is 2.05 bits per heavy atom. The summed E-state index contributed by atoms with van der Waals surface area (Å²) in [7, 11) is 1.50. The smallest absolute Gasteiger partial charge is 0.326 e. The number of hydrogen-bond acceptors (Lipinski definition) is 3. The van der Waals surface area contributed by atoms with Gasteiger partial charge in [0.05, 0.1) is 12.1 Å². The highest BCUT2D eigenvalue weighted by Crippen LogP contribution is 2.29. The number of halogens is 1. The van der Waals surface area contributed by atoms with Crippen molar-refractivity contribution >= 4 is 29.3 Å². The highest BCUT2D eigenvalue weighted by molar-refractivity contribution is 6.32. The average Bonchev–Trinajstić information content (AvgIpc) is 2.98. The van der Waals surface area contributed by atoms with Crippen LogP contribution in [0.4, 0.5) is 10.5 Å². The molecule has 0 bridgehead atoms. The minimum Gasteiger partial charge on any atom is -0.495 e. The standard InChI is InChI=1S/C15H19ClN2O4/c1-22-12-7-6-10(8-11(12)16)17-15(21)18-13(14(19)20)9-4-2-3-5-9/h6-9,13H,2-5H2,1H3,(H,19,20)(H2,17,18,21)/t13-/m0/s1. The minimum absolute atomic E-state index is 0.0114. The molecule has 0 aromatic heterocycles. The van der Waals surface area contributed by atoms with Crippen molar-refractivity contribution in [3.05, 3.63) is 23.2 Å². The van der Waals surface area contributed by atoms with Crippen LogP contribution in [0.1, 0.15) is 25.7 Å². The summed E-state index contributed by atoms with van der Waals surface area (Å²) in [5.74, 6) is -0.514. The number of ether oxygens (including phenoxy) is 1. The lowest BCUT2D eigenvalue weighted by atomic mass is 9.98. The van der Waals surface area contributed by atoms with Crippen molar-refractivity contribution in [3.63, 3.8) is 0 Å². The molecule has 7 heteroatoms. The normalized spacial score (nSPS) is 16.1. The number of nitrogens with one attached hydrogen (secondary N) is 2. The van der Waals surface area contributed by atoms with Gasteiger partial charge in [0.2, 0.25) is 0 Å². The van der Waals surface area contributed by atoms with E-state index in [1.807, 2.05) is 0 Å². The largest absolute Gasteiger partial charge is 0.495 e. The number of urea groups is 1. The fourth-order valence-corrected chi connectivity index (χ4v) is 2.98. The van der Waals surface area contributed by atoms with Crippen LogP contribution in [0.2, 0.25) is 5.02 Å². The van der Waals surface area contributed by atoms with Crippen molar-refractivity contribution < 1.29 is 19.4 Å². The number of rotatable bonds is 5. The molecule has 120 valence electrons. The van der Waals surface area contributed by atoms with E-state index in [2.05, 4.69) is 10.6 Å². The molecule has 1 fully saturated rings. The zero-order chi connectivity index (χ0) is 16.1. The monoisotopic (exact) mass is 326 g/mol. The molecule has 22 heavy (non-hydrogen) atoms. The van der Waals surface area contributed by atoms with Crippen LogP contribution >= 0.6 is 11.6 Å². The van der Waals surface area contributed by atoms with E-state index in [1.54, 1.807) is 18.2 Å². The van der Waals surface area contributed by atoms with Crippen LogP contribution in [0.3, 0.4) is 0 Å².